The second-order valence-corrected chi connectivity index (χ2v) is 4.57. The number of nitrogens with zero attached hydrogens (tertiary/aromatic N) is 3. The van der Waals surface area contributed by atoms with Gasteiger partial charge in [-0.2, -0.15) is 0 Å². The van der Waals surface area contributed by atoms with Crippen molar-refractivity contribution in [2.75, 3.05) is 11.5 Å². The van der Waals surface area contributed by atoms with Crippen LogP contribution < -0.4 is 5.73 Å². The lowest BCUT2D eigenvalue weighted by Gasteiger charge is -2.10. The van der Waals surface area contributed by atoms with E-state index in [1.165, 1.54) is 12.8 Å². The molecule has 1 heterocycles. The van der Waals surface area contributed by atoms with Gasteiger partial charge in [0.1, 0.15) is 0 Å². The Morgan fingerprint density at radius 2 is 2.14 bits per heavy atom. The highest BCUT2D eigenvalue weighted by Gasteiger charge is 2.11. The van der Waals surface area contributed by atoms with Crippen molar-refractivity contribution in [3.63, 3.8) is 0 Å². The minimum absolute atomic E-state index is 0.328. The number of nitrogen functional groups attached to an aromatic ring is 1. The average Bonchev–Trinajstić information content (AvgIpc) is 2.47. The minimum Gasteiger partial charge on any atom is -0.368 e. The maximum atomic E-state index is 5.72. The molecule has 0 radical (unpaired) electrons. The monoisotopic (exact) mass is 214 g/mol. The highest BCUT2D eigenvalue weighted by atomic mass is 32.2. The van der Waals surface area contributed by atoms with Crippen LogP contribution in [-0.4, -0.2) is 20.5 Å². The van der Waals surface area contributed by atoms with Crippen LogP contribution in [0.5, 0.6) is 0 Å². The molecule has 1 aromatic rings. The molecule has 1 rings (SSSR count). The van der Waals surface area contributed by atoms with Crippen LogP contribution >= 0.6 is 11.8 Å². The van der Waals surface area contributed by atoms with E-state index in [0.29, 0.717) is 12.0 Å². The van der Waals surface area contributed by atoms with Crippen molar-refractivity contribution in [1.82, 2.24) is 14.8 Å². The predicted molar refractivity (Wildman–Crippen MR) is 60.5 cm³/mol. The number of unbranched alkanes of at least 4 members (excludes halogenated alkanes) is 1. The molecule has 1 aromatic heterocycles. The van der Waals surface area contributed by atoms with Gasteiger partial charge in [-0.1, -0.05) is 25.1 Å². The molecule has 0 bridgehead atoms. The second kappa shape index (κ2) is 5.24. The number of hydrogen-bond donors (Lipinski definition) is 1. The summed E-state index contributed by atoms with van der Waals surface area (Å²) < 4.78 is 1.97. The summed E-state index contributed by atoms with van der Waals surface area (Å²) in [6.45, 7) is 6.36. The van der Waals surface area contributed by atoms with Gasteiger partial charge < -0.3 is 5.73 Å². The molecule has 14 heavy (non-hydrogen) atoms. The number of nitrogens with two attached hydrogens (primary N) is 1. The molecular weight excluding hydrogens is 196 g/mol. The normalized spacial score (nSPS) is 11.1. The minimum atomic E-state index is 0.328. The average molecular weight is 214 g/mol. The van der Waals surface area contributed by atoms with Gasteiger partial charge in [0.15, 0.2) is 5.16 Å². The number of anilines is 1. The summed E-state index contributed by atoms with van der Waals surface area (Å²) in [5.74, 6) is 1.60. The smallest absolute Gasteiger partial charge is 0.222 e. The molecule has 0 aliphatic carbocycles. The molecule has 2 N–H and O–H groups in total. The van der Waals surface area contributed by atoms with Crippen molar-refractivity contribution in [1.29, 1.82) is 0 Å². The van der Waals surface area contributed by atoms with E-state index < -0.39 is 0 Å². The Labute approximate surface area is 89.3 Å². The maximum Gasteiger partial charge on any atom is 0.222 e. The van der Waals surface area contributed by atoms with E-state index in [2.05, 4.69) is 31.0 Å². The first-order chi connectivity index (χ1) is 6.66. The second-order valence-electron chi connectivity index (χ2n) is 3.51. The molecule has 0 atom stereocenters. The zero-order chi connectivity index (χ0) is 10.6. The predicted octanol–water partition coefficient (Wildman–Crippen LogP) is 2.33. The van der Waals surface area contributed by atoms with Crippen LogP contribution in [0.4, 0.5) is 5.95 Å². The standard InChI is InChI=1S/C9H18N4S/c1-4-5-6-14-9-12-11-8(10)13(9)7(2)3/h7H,4-6H2,1-3H3,(H2,10,11). The van der Waals surface area contributed by atoms with Crippen LogP contribution in [-0.2, 0) is 0 Å². The Morgan fingerprint density at radius 3 is 2.71 bits per heavy atom. The molecule has 0 aliphatic rings. The van der Waals surface area contributed by atoms with Gasteiger partial charge in [0.25, 0.3) is 0 Å². The van der Waals surface area contributed by atoms with Gasteiger partial charge in [-0.3, -0.25) is 4.57 Å². The lowest BCUT2D eigenvalue weighted by atomic mass is 10.4. The lowest BCUT2D eigenvalue weighted by Crippen LogP contribution is -2.07. The number of thioether (sulfide) groups is 1. The van der Waals surface area contributed by atoms with Gasteiger partial charge in [-0.05, 0) is 20.3 Å². The van der Waals surface area contributed by atoms with Crippen LogP contribution in [0.2, 0.25) is 0 Å². The van der Waals surface area contributed by atoms with Crippen molar-refractivity contribution in [3.8, 4) is 0 Å². The van der Waals surface area contributed by atoms with Crippen LogP contribution in [0.15, 0.2) is 5.16 Å². The van der Waals surface area contributed by atoms with Gasteiger partial charge in [-0.15, -0.1) is 10.2 Å². The lowest BCUT2D eigenvalue weighted by molar-refractivity contribution is 0.557. The summed E-state index contributed by atoms with van der Waals surface area (Å²) in [7, 11) is 0. The van der Waals surface area contributed by atoms with Crippen molar-refractivity contribution in [2.45, 2.75) is 44.8 Å². The topological polar surface area (TPSA) is 56.7 Å². The van der Waals surface area contributed by atoms with E-state index in [1.54, 1.807) is 11.8 Å². The third kappa shape index (κ3) is 2.64. The van der Waals surface area contributed by atoms with Crippen molar-refractivity contribution in [2.24, 2.45) is 0 Å². The molecule has 0 saturated carbocycles. The van der Waals surface area contributed by atoms with Gasteiger partial charge in [0, 0.05) is 11.8 Å². The molecule has 0 unspecified atom stereocenters. The summed E-state index contributed by atoms with van der Waals surface area (Å²) in [4.78, 5) is 0. The summed E-state index contributed by atoms with van der Waals surface area (Å²) in [5, 5.41) is 8.88. The van der Waals surface area contributed by atoms with Crippen LogP contribution in [0, 0.1) is 0 Å². The molecule has 0 saturated heterocycles. The Hall–Kier alpha value is -0.710. The molecule has 0 aliphatic heterocycles. The molecule has 80 valence electrons. The highest BCUT2D eigenvalue weighted by molar-refractivity contribution is 7.99. The van der Waals surface area contributed by atoms with Crippen LogP contribution in [0.25, 0.3) is 0 Å². The zero-order valence-corrected chi connectivity index (χ0v) is 9.84. The molecule has 0 amide bonds. The molecule has 0 aromatic carbocycles. The molecule has 0 spiro atoms. The maximum absolute atomic E-state index is 5.72. The van der Waals surface area contributed by atoms with Crippen LogP contribution in [0.3, 0.4) is 0 Å². The summed E-state index contributed by atoms with van der Waals surface area (Å²) in [5.41, 5.74) is 5.72. The van der Waals surface area contributed by atoms with E-state index in [1.807, 2.05) is 4.57 Å². The molecule has 4 nitrogen and oxygen atoms in total. The fourth-order valence-corrected chi connectivity index (χ4v) is 2.34. The Kier molecular flexibility index (Phi) is 4.25. The summed E-state index contributed by atoms with van der Waals surface area (Å²) in [6, 6.07) is 0.328. The van der Waals surface area contributed by atoms with Crippen molar-refractivity contribution >= 4 is 17.7 Å². The Bertz CT molecular complexity index is 282. The first-order valence-electron chi connectivity index (χ1n) is 5.00. The van der Waals surface area contributed by atoms with E-state index in [0.717, 1.165) is 10.9 Å². The quantitative estimate of drug-likeness (QED) is 0.603. The van der Waals surface area contributed by atoms with Gasteiger partial charge >= 0.3 is 0 Å². The van der Waals surface area contributed by atoms with Gasteiger partial charge in [0.2, 0.25) is 5.95 Å². The van der Waals surface area contributed by atoms with Crippen molar-refractivity contribution < 1.29 is 0 Å². The number of hydrogen-bond acceptors (Lipinski definition) is 4. The van der Waals surface area contributed by atoms with Gasteiger partial charge in [-0.25, -0.2) is 0 Å². The van der Waals surface area contributed by atoms with Crippen LogP contribution in [0.1, 0.15) is 39.7 Å². The third-order valence-electron chi connectivity index (χ3n) is 1.94. The SMILES string of the molecule is CCCCSc1nnc(N)n1C(C)C. The van der Waals surface area contributed by atoms with E-state index in [-0.39, 0.29) is 0 Å². The Morgan fingerprint density at radius 1 is 1.43 bits per heavy atom. The number of rotatable bonds is 5. The first-order valence-corrected chi connectivity index (χ1v) is 5.98. The largest absolute Gasteiger partial charge is 0.368 e. The highest BCUT2D eigenvalue weighted by Crippen LogP contribution is 2.23. The fourth-order valence-electron chi connectivity index (χ4n) is 1.18. The van der Waals surface area contributed by atoms with Crippen molar-refractivity contribution in [3.05, 3.63) is 0 Å². The summed E-state index contributed by atoms with van der Waals surface area (Å²) in [6.07, 6.45) is 2.41. The Balaban J connectivity index is 2.66. The van der Waals surface area contributed by atoms with E-state index >= 15 is 0 Å². The van der Waals surface area contributed by atoms with Gasteiger partial charge in [0.05, 0.1) is 0 Å². The number of aromatic nitrogens is 3. The van der Waals surface area contributed by atoms with E-state index in [9.17, 15) is 0 Å². The zero-order valence-electron chi connectivity index (χ0n) is 9.03. The summed E-state index contributed by atoms with van der Waals surface area (Å²) >= 11 is 1.73. The molecule has 5 heteroatoms. The third-order valence-corrected chi connectivity index (χ3v) is 2.97. The van der Waals surface area contributed by atoms with E-state index in [4.69, 9.17) is 5.73 Å². The first kappa shape index (κ1) is 11.4. The molecule has 0 fully saturated rings. The fraction of sp³-hybridized carbons (Fsp3) is 0.778. The molecular formula is C9H18N4S.